The zero-order valence-electron chi connectivity index (χ0n) is 15.5. The highest BCUT2D eigenvalue weighted by Crippen LogP contribution is 2.34. The molecule has 2 aromatic rings. The van der Waals surface area contributed by atoms with Crippen LogP contribution in [0.3, 0.4) is 0 Å². The molecule has 1 aliphatic rings. The number of ketones is 1. The number of benzene rings is 2. The van der Waals surface area contributed by atoms with Crippen molar-refractivity contribution in [2.24, 2.45) is 0 Å². The molecule has 2 aromatic carbocycles. The summed E-state index contributed by atoms with van der Waals surface area (Å²) in [5.41, 5.74) is 0.0633. The van der Waals surface area contributed by atoms with Crippen molar-refractivity contribution in [3.05, 3.63) is 52.0 Å². The molecule has 0 unspecified atom stereocenters. The number of fused-ring (bicyclic) bond motifs is 1. The fraction of sp³-hybridized carbons (Fsp3) is 0.250. The fourth-order valence-corrected chi connectivity index (χ4v) is 3.18. The van der Waals surface area contributed by atoms with Crippen molar-refractivity contribution in [2.75, 3.05) is 12.4 Å². The number of hydrogen-bond acceptors (Lipinski definition) is 5. The van der Waals surface area contributed by atoms with Crippen LogP contribution in [0, 0.1) is 0 Å². The van der Waals surface area contributed by atoms with Crippen molar-refractivity contribution in [1.29, 1.82) is 0 Å². The first-order chi connectivity index (χ1) is 13.1. The molecule has 2 N–H and O–H groups in total. The normalized spacial score (nSPS) is 14.6. The maximum atomic E-state index is 12.6. The van der Waals surface area contributed by atoms with Crippen LogP contribution in [0.4, 0.5) is 5.69 Å². The second kappa shape index (κ2) is 7.16. The van der Waals surface area contributed by atoms with E-state index in [4.69, 9.17) is 21.1 Å². The second-order valence-electron chi connectivity index (χ2n) is 6.96. The monoisotopic (exact) mass is 403 g/mol. The summed E-state index contributed by atoms with van der Waals surface area (Å²) in [6.07, 6.45) is 0.213. The van der Waals surface area contributed by atoms with Gasteiger partial charge in [-0.15, -0.1) is 0 Å². The van der Waals surface area contributed by atoms with Crippen LogP contribution in [-0.2, 0) is 0 Å². The van der Waals surface area contributed by atoms with Gasteiger partial charge < -0.3 is 19.9 Å². The van der Waals surface area contributed by atoms with Crippen LogP contribution in [0.2, 0.25) is 5.02 Å². The Bertz CT molecular complexity index is 998. The minimum Gasteiger partial charge on any atom is -0.496 e. The fourth-order valence-electron chi connectivity index (χ4n) is 2.97. The molecule has 0 spiro atoms. The molecule has 0 bridgehead atoms. The number of carboxylic acids is 1. The largest absolute Gasteiger partial charge is 0.496 e. The van der Waals surface area contributed by atoms with Crippen molar-refractivity contribution in [1.82, 2.24) is 0 Å². The predicted molar refractivity (Wildman–Crippen MR) is 103 cm³/mol. The van der Waals surface area contributed by atoms with Gasteiger partial charge in [0.1, 0.15) is 22.7 Å². The molecule has 3 rings (SSSR count). The minimum atomic E-state index is -1.20. The van der Waals surface area contributed by atoms with Crippen molar-refractivity contribution < 1.29 is 29.0 Å². The molecule has 1 amide bonds. The number of Topliss-reactive ketones (excluding diaryl/α,β-unsaturated/α-hetero) is 1. The van der Waals surface area contributed by atoms with Gasteiger partial charge in [0.2, 0.25) is 0 Å². The Morgan fingerprint density at radius 3 is 2.61 bits per heavy atom. The van der Waals surface area contributed by atoms with Crippen molar-refractivity contribution in [3.8, 4) is 11.5 Å². The lowest BCUT2D eigenvalue weighted by atomic mass is 9.92. The lowest BCUT2D eigenvalue weighted by molar-refractivity contribution is 0.0618. The highest BCUT2D eigenvalue weighted by Gasteiger charge is 2.33. The summed E-state index contributed by atoms with van der Waals surface area (Å²) in [6.45, 7) is 3.65. The van der Waals surface area contributed by atoms with E-state index in [1.165, 1.54) is 25.3 Å². The molecule has 1 aliphatic heterocycles. The lowest BCUT2D eigenvalue weighted by Gasteiger charge is -2.31. The van der Waals surface area contributed by atoms with Gasteiger partial charge >= 0.3 is 5.97 Å². The Balaban J connectivity index is 1.89. The number of carbonyl (C=O) groups is 3. The Kier molecular flexibility index (Phi) is 5.04. The van der Waals surface area contributed by atoms with Crippen LogP contribution < -0.4 is 14.8 Å². The van der Waals surface area contributed by atoms with Crippen molar-refractivity contribution >= 4 is 34.9 Å². The average molecular weight is 404 g/mol. The lowest BCUT2D eigenvalue weighted by Crippen LogP contribution is -2.36. The number of nitrogens with one attached hydrogen (secondary N) is 1. The summed E-state index contributed by atoms with van der Waals surface area (Å²) in [5, 5.41) is 11.8. The van der Waals surface area contributed by atoms with Crippen LogP contribution >= 0.6 is 11.6 Å². The maximum Gasteiger partial charge on any atom is 0.339 e. The highest BCUT2D eigenvalue weighted by molar-refractivity contribution is 6.34. The molecule has 0 aromatic heterocycles. The van der Waals surface area contributed by atoms with E-state index in [2.05, 4.69) is 5.32 Å². The smallest absolute Gasteiger partial charge is 0.339 e. The minimum absolute atomic E-state index is 0.0469. The molecule has 1 heterocycles. The van der Waals surface area contributed by atoms with Gasteiger partial charge in [-0.1, -0.05) is 11.6 Å². The van der Waals surface area contributed by atoms with Gasteiger partial charge in [-0.3, -0.25) is 9.59 Å². The van der Waals surface area contributed by atoms with E-state index in [9.17, 15) is 19.5 Å². The zero-order chi connectivity index (χ0) is 20.6. The molecule has 8 heteroatoms. The van der Waals surface area contributed by atoms with E-state index in [1.54, 1.807) is 12.1 Å². The third-order valence-corrected chi connectivity index (χ3v) is 4.60. The van der Waals surface area contributed by atoms with Gasteiger partial charge in [0.15, 0.2) is 5.78 Å². The number of halogens is 1. The Morgan fingerprint density at radius 1 is 1.25 bits per heavy atom. The molecule has 0 saturated heterocycles. The molecular formula is C20H18ClNO6. The topological polar surface area (TPSA) is 102 Å². The second-order valence-corrected chi connectivity index (χ2v) is 7.37. The van der Waals surface area contributed by atoms with E-state index in [1.807, 2.05) is 13.8 Å². The van der Waals surface area contributed by atoms with Crippen molar-refractivity contribution in [3.63, 3.8) is 0 Å². The summed E-state index contributed by atoms with van der Waals surface area (Å²) >= 11 is 6.10. The summed E-state index contributed by atoms with van der Waals surface area (Å²) in [6, 6.07) is 7.13. The van der Waals surface area contributed by atoms with Crippen LogP contribution in [0.1, 0.15) is 51.3 Å². The number of amides is 1. The SMILES string of the molecule is COc1cc(NC(=O)c2ccc3c(c2)C(=O)CC(C)(C)O3)c(Cl)cc1C(=O)O. The molecule has 0 radical (unpaired) electrons. The highest BCUT2D eigenvalue weighted by atomic mass is 35.5. The summed E-state index contributed by atoms with van der Waals surface area (Å²) in [4.78, 5) is 36.2. The van der Waals surface area contributed by atoms with E-state index in [0.717, 1.165) is 0 Å². The van der Waals surface area contributed by atoms with Crippen molar-refractivity contribution in [2.45, 2.75) is 25.9 Å². The van der Waals surface area contributed by atoms with Gasteiger partial charge in [-0.05, 0) is 38.1 Å². The van der Waals surface area contributed by atoms with E-state index < -0.39 is 17.5 Å². The number of methoxy groups -OCH3 is 1. The van der Waals surface area contributed by atoms with Crippen LogP contribution in [0.25, 0.3) is 0 Å². The molecule has 0 saturated carbocycles. The molecule has 28 heavy (non-hydrogen) atoms. The van der Waals surface area contributed by atoms with E-state index in [0.29, 0.717) is 11.3 Å². The predicted octanol–water partition coefficient (Wildman–Crippen LogP) is 4.04. The molecule has 0 atom stereocenters. The summed E-state index contributed by atoms with van der Waals surface area (Å²) in [5.74, 6) is -1.32. The first-order valence-corrected chi connectivity index (χ1v) is 8.77. The Morgan fingerprint density at radius 2 is 1.96 bits per heavy atom. The van der Waals surface area contributed by atoms with Crippen LogP contribution in [0.15, 0.2) is 30.3 Å². The third kappa shape index (κ3) is 3.80. The van der Waals surface area contributed by atoms with Gasteiger partial charge in [-0.2, -0.15) is 0 Å². The van der Waals surface area contributed by atoms with Gasteiger partial charge in [0.05, 0.1) is 29.8 Å². The summed E-state index contributed by atoms with van der Waals surface area (Å²) < 4.78 is 10.8. The number of aromatic carboxylic acids is 1. The number of carboxylic acid groups (broad SMARTS) is 1. The van der Waals surface area contributed by atoms with E-state index >= 15 is 0 Å². The standard InChI is InChI=1S/C20H18ClNO6/c1-20(2)9-15(23)11-6-10(4-5-16(11)28-20)18(24)22-14-8-17(27-3)12(19(25)26)7-13(14)21/h4-8H,9H2,1-3H3,(H,22,24)(H,25,26). The van der Waals surface area contributed by atoms with Gasteiger partial charge in [-0.25, -0.2) is 4.79 Å². The molecule has 0 fully saturated rings. The number of anilines is 1. The molecule has 0 aliphatic carbocycles. The van der Waals surface area contributed by atoms with Gasteiger partial charge in [0.25, 0.3) is 5.91 Å². The number of hydrogen-bond donors (Lipinski definition) is 2. The maximum absolute atomic E-state index is 12.6. The Hall–Kier alpha value is -3.06. The van der Waals surface area contributed by atoms with E-state index in [-0.39, 0.29) is 39.8 Å². The molecule has 146 valence electrons. The average Bonchev–Trinajstić information content (AvgIpc) is 2.61. The van der Waals surface area contributed by atoms with Gasteiger partial charge in [0, 0.05) is 11.6 Å². The number of carbonyl (C=O) groups excluding carboxylic acids is 2. The van der Waals surface area contributed by atoms with Crippen LogP contribution in [0.5, 0.6) is 11.5 Å². The molecular weight excluding hydrogens is 386 g/mol. The van der Waals surface area contributed by atoms with Crippen LogP contribution in [-0.4, -0.2) is 35.5 Å². The first-order valence-electron chi connectivity index (χ1n) is 8.40. The number of rotatable bonds is 4. The molecule has 7 nitrogen and oxygen atoms in total. The quantitative estimate of drug-likeness (QED) is 0.798. The Labute approximate surface area is 166 Å². The first kappa shape index (κ1) is 19.7. The zero-order valence-corrected chi connectivity index (χ0v) is 16.2. The third-order valence-electron chi connectivity index (χ3n) is 4.28. The summed E-state index contributed by atoms with van der Waals surface area (Å²) in [7, 11) is 1.32. The number of ether oxygens (including phenoxy) is 2.